The number of hydrogen-bond acceptors (Lipinski definition) is 3. The van der Waals surface area contributed by atoms with Crippen molar-refractivity contribution in [3.63, 3.8) is 0 Å². The van der Waals surface area contributed by atoms with Gasteiger partial charge in [0, 0.05) is 10.7 Å². The molecule has 0 atom stereocenters. The summed E-state index contributed by atoms with van der Waals surface area (Å²) in [6.45, 7) is 1.60. The maximum atomic E-state index is 9.37. The Hall–Kier alpha value is -0.310. The summed E-state index contributed by atoms with van der Waals surface area (Å²) in [7, 11) is 0. The van der Waals surface area contributed by atoms with Crippen molar-refractivity contribution in [2.75, 3.05) is 0 Å². The number of carbonyl (C=O) groups is 1. The average Bonchev–Trinajstić information content (AvgIpc) is 1.69. The minimum Gasteiger partial charge on any atom is -0.481 e. The van der Waals surface area contributed by atoms with E-state index in [1.165, 1.54) is 0 Å². The van der Waals surface area contributed by atoms with Gasteiger partial charge in [-0.2, -0.15) is 0 Å². The third-order valence-corrected chi connectivity index (χ3v) is 0.302. The molecule has 0 spiro atoms. The molecule has 4 heteroatoms. The van der Waals surface area contributed by atoms with Gasteiger partial charge < -0.3 is 5.11 Å². The second-order valence-corrected chi connectivity index (χ2v) is 1.50. The summed E-state index contributed by atoms with van der Waals surface area (Å²) < 4.78 is 1.92. The van der Waals surface area contributed by atoms with Gasteiger partial charge >= 0.3 is 5.97 Å². The molecule has 0 rings (SSSR count). The van der Waals surface area contributed by atoms with Gasteiger partial charge in [0.25, 0.3) is 0 Å². The lowest BCUT2D eigenvalue weighted by molar-refractivity contribution is -0.136. The summed E-state index contributed by atoms with van der Waals surface area (Å²) in [6, 6.07) is 0. The zero-order chi connectivity index (χ0) is 6.99. The SMILES string of the molecule is CCC(=O)O.S=C=S. The maximum Gasteiger partial charge on any atom is 0.303 e. The summed E-state index contributed by atoms with van der Waals surface area (Å²) in [5, 5.41) is 7.72. The Balaban J connectivity index is 0. The van der Waals surface area contributed by atoms with E-state index in [-0.39, 0.29) is 6.42 Å². The highest BCUT2D eigenvalue weighted by Gasteiger charge is 1.80. The third kappa shape index (κ3) is 43.8. The van der Waals surface area contributed by atoms with Gasteiger partial charge in [-0.15, -0.1) is 0 Å². The monoisotopic (exact) mass is 150 g/mol. The molecule has 8 heavy (non-hydrogen) atoms. The average molecular weight is 150 g/mol. The quantitative estimate of drug-likeness (QED) is 0.575. The van der Waals surface area contributed by atoms with Gasteiger partial charge in [0.15, 0.2) is 0 Å². The molecule has 0 aliphatic rings. The van der Waals surface area contributed by atoms with Crippen molar-refractivity contribution in [2.45, 2.75) is 13.3 Å². The van der Waals surface area contributed by atoms with Crippen LogP contribution < -0.4 is 0 Å². The minimum absolute atomic E-state index is 0.222. The summed E-state index contributed by atoms with van der Waals surface area (Å²) >= 11 is 7.92. The van der Waals surface area contributed by atoms with Gasteiger partial charge in [-0.3, -0.25) is 4.79 Å². The van der Waals surface area contributed by atoms with E-state index in [1.807, 2.05) is 4.31 Å². The van der Waals surface area contributed by atoms with E-state index in [9.17, 15) is 4.79 Å². The van der Waals surface area contributed by atoms with Gasteiger partial charge in [0.1, 0.15) is 0 Å². The fourth-order valence-corrected chi connectivity index (χ4v) is 0. The lowest BCUT2D eigenvalue weighted by Gasteiger charge is -1.71. The van der Waals surface area contributed by atoms with Crippen molar-refractivity contribution in [2.24, 2.45) is 0 Å². The molecule has 2 nitrogen and oxygen atoms in total. The molecule has 0 saturated carbocycles. The molecule has 0 aromatic heterocycles. The van der Waals surface area contributed by atoms with Crippen LogP contribution in [0.4, 0.5) is 0 Å². The number of rotatable bonds is 1. The van der Waals surface area contributed by atoms with E-state index in [0.29, 0.717) is 0 Å². The van der Waals surface area contributed by atoms with E-state index in [0.717, 1.165) is 0 Å². The van der Waals surface area contributed by atoms with Crippen LogP contribution in [0.15, 0.2) is 0 Å². The molecule has 1 N–H and O–H groups in total. The minimum atomic E-state index is -0.745. The number of aliphatic carboxylic acids is 1. The first-order valence-electron chi connectivity index (χ1n) is 1.90. The molecule has 46 valence electrons. The van der Waals surface area contributed by atoms with Gasteiger partial charge in [-0.1, -0.05) is 6.92 Å². The first kappa shape index (κ1) is 10.6. The first-order valence-corrected chi connectivity index (χ1v) is 2.71. The summed E-state index contributed by atoms with van der Waals surface area (Å²) in [6.07, 6.45) is 0.222. The van der Waals surface area contributed by atoms with Crippen LogP contribution in [0, 0.1) is 0 Å². The van der Waals surface area contributed by atoms with E-state index in [4.69, 9.17) is 5.11 Å². The van der Waals surface area contributed by atoms with Crippen LogP contribution >= 0.6 is 24.4 Å². The van der Waals surface area contributed by atoms with Crippen molar-refractivity contribution in [1.29, 1.82) is 0 Å². The van der Waals surface area contributed by atoms with Gasteiger partial charge in [-0.05, 0) is 24.4 Å². The van der Waals surface area contributed by atoms with E-state index < -0.39 is 5.97 Å². The number of carboxylic acids is 1. The Morgan fingerprint density at radius 2 is 1.88 bits per heavy atom. The standard InChI is InChI=1S/C3H6O2.CS2/c1-2-3(4)5;2-1-3/h2H2,1H3,(H,4,5);. The molecule has 0 saturated heterocycles. The second kappa shape index (κ2) is 9.85. The molecule has 0 heterocycles. The lowest BCUT2D eigenvalue weighted by atomic mass is 10.5. The third-order valence-electron chi connectivity index (χ3n) is 0.302. The first-order chi connectivity index (χ1) is 3.68. The molecular weight excluding hydrogens is 144 g/mol. The molecule has 0 bridgehead atoms. The van der Waals surface area contributed by atoms with Crippen molar-refractivity contribution in [3.8, 4) is 0 Å². The Kier molecular flexibility index (Phi) is 13.1. The van der Waals surface area contributed by atoms with Crippen LogP contribution in [0.1, 0.15) is 13.3 Å². The Bertz CT molecular complexity index is 94.2. The molecule has 0 aliphatic heterocycles. The number of carboxylic acid groups (broad SMARTS) is 1. The van der Waals surface area contributed by atoms with Crippen molar-refractivity contribution < 1.29 is 9.90 Å². The molecule has 0 radical (unpaired) electrons. The van der Waals surface area contributed by atoms with Crippen LogP contribution in [-0.2, 0) is 4.79 Å². The summed E-state index contributed by atoms with van der Waals surface area (Å²) in [4.78, 5) is 9.37. The molecular formula is C4H6O2S2. The van der Waals surface area contributed by atoms with E-state index in [2.05, 4.69) is 24.4 Å². The Labute approximate surface area is 58.5 Å². The largest absolute Gasteiger partial charge is 0.481 e. The molecule has 0 fully saturated rings. The predicted octanol–water partition coefficient (Wildman–Crippen LogP) is 1.50. The lowest BCUT2D eigenvalue weighted by Crippen LogP contribution is -1.86. The highest BCUT2D eigenvalue weighted by Crippen LogP contribution is 1.67. The van der Waals surface area contributed by atoms with Crippen molar-refractivity contribution >= 4 is 34.7 Å². The highest BCUT2D eigenvalue weighted by molar-refractivity contribution is 7.93. The second-order valence-electron chi connectivity index (χ2n) is 0.831. The molecule has 0 amide bonds. The Morgan fingerprint density at radius 1 is 1.75 bits per heavy atom. The molecule has 0 aliphatic carbocycles. The van der Waals surface area contributed by atoms with Crippen LogP contribution in [-0.4, -0.2) is 15.4 Å². The Morgan fingerprint density at radius 3 is 1.88 bits per heavy atom. The number of thiocarbonyl (C=S) groups is 2. The topological polar surface area (TPSA) is 37.3 Å². The fraction of sp³-hybridized carbons (Fsp3) is 0.500. The van der Waals surface area contributed by atoms with Crippen LogP contribution in [0.25, 0.3) is 0 Å². The molecule has 0 unspecified atom stereocenters. The zero-order valence-corrected chi connectivity index (χ0v) is 6.01. The maximum absolute atomic E-state index is 9.37. The van der Waals surface area contributed by atoms with Gasteiger partial charge in [0.05, 0.1) is 0 Å². The summed E-state index contributed by atoms with van der Waals surface area (Å²) in [5.41, 5.74) is 0. The highest BCUT2D eigenvalue weighted by atomic mass is 32.1. The predicted molar refractivity (Wildman–Crippen MR) is 38.1 cm³/mol. The summed E-state index contributed by atoms with van der Waals surface area (Å²) in [5.74, 6) is -0.745. The smallest absolute Gasteiger partial charge is 0.303 e. The van der Waals surface area contributed by atoms with Crippen LogP contribution in [0.5, 0.6) is 0 Å². The number of hydrogen-bond donors (Lipinski definition) is 1. The normalized spacial score (nSPS) is 5.62. The van der Waals surface area contributed by atoms with Gasteiger partial charge in [-0.25, -0.2) is 0 Å². The molecule has 0 aromatic carbocycles. The van der Waals surface area contributed by atoms with E-state index in [1.54, 1.807) is 6.92 Å². The van der Waals surface area contributed by atoms with E-state index >= 15 is 0 Å². The molecule has 0 aromatic rings. The van der Waals surface area contributed by atoms with Crippen molar-refractivity contribution in [1.82, 2.24) is 0 Å². The van der Waals surface area contributed by atoms with Gasteiger partial charge in [0.2, 0.25) is 0 Å². The van der Waals surface area contributed by atoms with Crippen molar-refractivity contribution in [3.05, 3.63) is 0 Å². The fourth-order valence-electron chi connectivity index (χ4n) is 0. The van der Waals surface area contributed by atoms with Crippen LogP contribution in [0.2, 0.25) is 0 Å². The van der Waals surface area contributed by atoms with Crippen LogP contribution in [0.3, 0.4) is 0 Å². The zero-order valence-electron chi connectivity index (χ0n) is 4.38.